The van der Waals surface area contributed by atoms with E-state index in [1.807, 2.05) is 45.5 Å². The van der Waals surface area contributed by atoms with Gasteiger partial charge in [-0.1, -0.05) is 5.16 Å². The molecule has 8 nitrogen and oxygen atoms in total. The zero-order valence-electron chi connectivity index (χ0n) is 16.0. The second kappa shape index (κ2) is 7.25. The molecule has 3 rings (SSSR count). The Bertz CT molecular complexity index is 909. The monoisotopic (exact) mass is 356 g/mol. The molecule has 0 aromatic carbocycles. The molecule has 0 fully saturated rings. The maximum atomic E-state index is 5.32. The zero-order valence-corrected chi connectivity index (χ0v) is 16.0. The van der Waals surface area contributed by atoms with E-state index in [2.05, 4.69) is 20.6 Å². The van der Waals surface area contributed by atoms with E-state index in [1.54, 1.807) is 7.11 Å². The molecule has 3 aromatic heterocycles. The lowest BCUT2D eigenvalue weighted by atomic mass is 10.1. The molecule has 0 bridgehead atoms. The van der Waals surface area contributed by atoms with E-state index in [-0.39, 0.29) is 0 Å². The van der Waals surface area contributed by atoms with E-state index in [0.717, 1.165) is 45.4 Å². The quantitative estimate of drug-likeness (QED) is 0.679. The lowest BCUT2D eigenvalue weighted by molar-refractivity contribution is 0.210. The summed E-state index contributed by atoms with van der Waals surface area (Å²) in [6.45, 7) is 9.00. The average Bonchev–Trinajstić information content (AvgIpc) is 3.06. The minimum Gasteiger partial charge on any atom is -0.383 e. The number of aromatic nitrogens is 5. The van der Waals surface area contributed by atoms with E-state index in [1.165, 1.54) is 0 Å². The lowest BCUT2D eigenvalue weighted by Gasteiger charge is -2.10. The molecule has 1 N–H and O–H groups in total. The highest BCUT2D eigenvalue weighted by molar-refractivity contribution is 5.73. The van der Waals surface area contributed by atoms with Gasteiger partial charge in [-0.3, -0.25) is 4.68 Å². The number of ether oxygens (including phenoxy) is 1. The predicted molar refractivity (Wildman–Crippen MR) is 99.0 cm³/mol. The number of nitrogens with zero attached hydrogens (tertiary/aromatic N) is 5. The van der Waals surface area contributed by atoms with Crippen LogP contribution < -0.4 is 5.32 Å². The summed E-state index contributed by atoms with van der Waals surface area (Å²) in [5.74, 6) is 1.27. The molecule has 3 heterocycles. The summed E-state index contributed by atoms with van der Waals surface area (Å²) >= 11 is 0. The summed E-state index contributed by atoms with van der Waals surface area (Å²) in [5, 5.41) is 11.8. The number of rotatable bonds is 6. The molecule has 0 aliphatic carbocycles. The lowest BCUT2D eigenvalue weighted by Crippen LogP contribution is -2.11. The second-order valence-corrected chi connectivity index (χ2v) is 6.25. The summed E-state index contributed by atoms with van der Waals surface area (Å²) in [6.07, 6.45) is 0. The van der Waals surface area contributed by atoms with E-state index < -0.39 is 0 Å². The molecule has 26 heavy (non-hydrogen) atoms. The first kappa shape index (κ1) is 18.1. The van der Waals surface area contributed by atoms with E-state index >= 15 is 0 Å². The van der Waals surface area contributed by atoms with Gasteiger partial charge in [-0.25, -0.2) is 9.97 Å². The number of anilines is 1. The first-order valence-electron chi connectivity index (χ1n) is 8.48. The molecule has 0 spiro atoms. The molecule has 138 valence electrons. The minimum absolute atomic E-state index is 0.539. The molecule has 8 heteroatoms. The molecule has 0 saturated carbocycles. The van der Waals surface area contributed by atoms with Gasteiger partial charge < -0.3 is 14.6 Å². The summed E-state index contributed by atoms with van der Waals surface area (Å²) in [5.41, 5.74) is 6.27. The molecule has 0 aliphatic rings. The first-order chi connectivity index (χ1) is 12.4. The Morgan fingerprint density at radius 3 is 2.31 bits per heavy atom. The van der Waals surface area contributed by atoms with Crippen LogP contribution >= 0.6 is 0 Å². The zero-order chi connectivity index (χ0) is 18.8. The van der Waals surface area contributed by atoms with Crippen molar-refractivity contribution in [3.63, 3.8) is 0 Å². The third kappa shape index (κ3) is 3.32. The van der Waals surface area contributed by atoms with Crippen LogP contribution in [0.25, 0.3) is 22.5 Å². The highest BCUT2D eigenvalue weighted by Crippen LogP contribution is 2.31. The molecule has 0 atom stereocenters. The summed E-state index contributed by atoms with van der Waals surface area (Å²) in [7, 11) is 3.59. The van der Waals surface area contributed by atoms with Crippen LogP contribution in [0, 0.1) is 27.7 Å². The Balaban J connectivity index is 2.15. The largest absolute Gasteiger partial charge is 0.383 e. The molecular formula is C18H24N6O2. The van der Waals surface area contributed by atoms with Crippen molar-refractivity contribution in [2.24, 2.45) is 7.05 Å². The van der Waals surface area contributed by atoms with Crippen molar-refractivity contribution in [2.75, 3.05) is 25.6 Å². The van der Waals surface area contributed by atoms with Crippen LogP contribution in [0.15, 0.2) is 10.6 Å². The number of methoxy groups -OCH3 is 1. The summed E-state index contributed by atoms with van der Waals surface area (Å²) in [6, 6.07) is 1.96. The van der Waals surface area contributed by atoms with Crippen LogP contribution in [0.3, 0.4) is 0 Å². The van der Waals surface area contributed by atoms with E-state index in [9.17, 15) is 0 Å². The summed E-state index contributed by atoms with van der Waals surface area (Å²) in [4.78, 5) is 9.35. The van der Waals surface area contributed by atoms with Gasteiger partial charge in [0, 0.05) is 32.0 Å². The van der Waals surface area contributed by atoms with Crippen LogP contribution in [0.1, 0.15) is 22.8 Å². The Hall–Kier alpha value is -2.74. The molecular weight excluding hydrogens is 332 g/mol. The van der Waals surface area contributed by atoms with Crippen LogP contribution in [0.2, 0.25) is 0 Å². The molecule has 3 aromatic rings. The van der Waals surface area contributed by atoms with Gasteiger partial charge in [0.1, 0.15) is 5.76 Å². The first-order valence-corrected chi connectivity index (χ1v) is 8.48. The maximum absolute atomic E-state index is 5.32. The van der Waals surface area contributed by atoms with Crippen molar-refractivity contribution >= 4 is 5.95 Å². The standard InChI is InChI=1S/C18H24N6O2/c1-10-16(12(3)24(5)22-10)14-9-15(17-11(2)23-26-13(17)4)21-18(20-14)19-7-8-25-6/h9H,7-8H2,1-6H3,(H,19,20,21). The number of hydrogen-bond donors (Lipinski definition) is 1. The van der Waals surface area contributed by atoms with Gasteiger partial charge >= 0.3 is 0 Å². The van der Waals surface area contributed by atoms with Gasteiger partial charge in [-0.2, -0.15) is 5.10 Å². The van der Waals surface area contributed by atoms with Crippen molar-refractivity contribution in [1.29, 1.82) is 0 Å². The Morgan fingerprint density at radius 1 is 1.08 bits per heavy atom. The molecule has 0 amide bonds. The third-order valence-electron chi connectivity index (χ3n) is 4.37. The Labute approximate surface area is 152 Å². The van der Waals surface area contributed by atoms with Gasteiger partial charge in [0.25, 0.3) is 0 Å². The Kier molecular flexibility index (Phi) is 5.03. The fraction of sp³-hybridized carbons (Fsp3) is 0.444. The van der Waals surface area contributed by atoms with Crippen LogP contribution in [-0.2, 0) is 11.8 Å². The van der Waals surface area contributed by atoms with Crippen molar-refractivity contribution in [3.05, 3.63) is 28.9 Å². The smallest absolute Gasteiger partial charge is 0.223 e. The van der Waals surface area contributed by atoms with Gasteiger partial charge in [-0.15, -0.1) is 0 Å². The predicted octanol–water partition coefficient (Wildman–Crippen LogP) is 2.82. The fourth-order valence-electron chi connectivity index (χ4n) is 3.04. The number of aryl methyl sites for hydroxylation is 4. The average molecular weight is 356 g/mol. The van der Waals surface area contributed by atoms with Gasteiger partial charge in [0.2, 0.25) is 5.95 Å². The molecule has 0 unspecified atom stereocenters. The van der Waals surface area contributed by atoms with Gasteiger partial charge in [0.15, 0.2) is 0 Å². The van der Waals surface area contributed by atoms with Crippen molar-refractivity contribution in [3.8, 4) is 22.5 Å². The Morgan fingerprint density at radius 2 is 1.77 bits per heavy atom. The summed E-state index contributed by atoms with van der Waals surface area (Å²) < 4.78 is 12.3. The van der Waals surface area contributed by atoms with Crippen molar-refractivity contribution in [2.45, 2.75) is 27.7 Å². The topological polar surface area (TPSA) is 90.9 Å². The highest BCUT2D eigenvalue weighted by atomic mass is 16.5. The third-order valence-corrected chi connectivity index (χ3v) is 4.37. The second-order valence-electron chi connectivity index (χ2n) is 6.25. The van der Waals surface area contributed by atoms with E-state index in [0.29, 0.717) is 19.1 Å². The van der Waals surface area contributed by atoms with Crippen molar-refractivity contribution < 1.29 is 9.26 Å². The maximum Gasteiger partial charge on any atom is 0.223 e. The van der Waals surface area contributed by atoms with E-state index in [4.69, 9.17) is 14.2 Å². The molecule has 0 radical (unpaired) electrons. The van der Waals surface area contributed by atoms with Crippen LogP contribution in [0.5, 0.6) is 0 Å². The SMILES string of the molecule is COCCNc1nc(-c2c(C)noc2C)cc(-c2c(C)nn(C)c2C)n1. The fourth-order valence-corrected chi connectivity index (χ4v) is 3.04. The number of nitrogens with one attached hydrogen (secondary N) is 1. The molecule has 0 saturated heterocycles. The van der Waals surface area contributed by atoms with Gasteiger partial charge in [0.05, 0.1) is 34.9 Å². The molecule has 0 aliphatic heterocycles. The number of hydrogen-bond acceptors (Lipinski definition) is 7. The van der Waals surface area contributed by atoms with Gasteiger partial charge in [-0.05, 0) is 33.8 Å². The van der Waals surface area contributed by atoms with Crippen LogP contribution in [-0.4, -0.2) is 45.2 Å². The normalized spacial score (nSPS) is 11.2. The minimum atomic E-state index is 0.539. The highest BCUT2D eigenvalue weighted by Gasteiger charge is 2.19. The van der Waals surface area contributed by atoms with Crippen LogP contribution in [0.4, 0.5) is 5.95 Å². The van der Waals surface area contributed by atoms with Crippen molar-refractivity contribution in [1.82, 2.24) is 24.9 Å².